The van der Waals surface area contributed by atoms with Crippen molar-refractivity contribution in [3.8, 4) is 22.2 Å². The summed E-state index contributed by atoms with van der Waals surface area (Å²) in [6.45, 7) is 1.75. The van der Waals surface area contributed by atoms with Crippen molar-refractivity contribution in [3.63, 3.8) is 0 Å². The first kappa shape index (κ1) is 19.0. The lowest BCUT2D eigenvalue weighted by atomic mass is 10.2. The molecule has 0 radical (unpaired) electrons. The Balaban J connectivity index is 1.37. The fraction of sp³-hybridized carbons (Fsp3) is 0.278. The van der Waals surface area contributed by atoms with Gasteiger partial charge in [0.1, 0.15) is 13.2 Å². The third-order valence-corrected chi connectivity index (χ3v) is 5.67. The Morgan fingerprint density at radius 2 is 2.25 bits per heavy atom. The highest BCUT2D eigenvalue weighted by Gasteiger charge is 2.17. The molecule has 3 heterocycles. The zero-order valence-corrected chi connectivity index (χ0v) is 17.1. The van der Waals surface area contributed by atoms with Gasteiger partial charge in [0.05, 0.1) is 9.90 Å². The van der Waals surface area contributed by atoms with E-state index >= 15 is 0 Å². The van der Waals surface area contributed by atoms with Gasteiger partial charge < -0.3 is 14.8 Å². The molecule has 0 aliphatic carbocycles. The van der Waals surface area contributed by atoms with E-state index in [9.17, 15) is 4.79 Å². The number of hydrogen-bond donors (Lipinski definition) is 2. The number of nitrogens with zero attached hydrogens (tertiary/aromatic N) is 2. The van der Waals surface area contributed by atoms with Crippen molar-refractivity contribution in [2.75, 3.05) is 13.2 Å². The first-order valence-electron chi connectivity index (χ1n) is 8.65. The summed E-state index contributed by atoms with van der Waals surface area (Å²) in [7, 11) is 0. The van der Waals surface area contributed by atoms with Crippen molar-refractivity contribution in [1.29, 1.82) is 0 Å². The van der Waals surface area contributed by atoms with Gasteiger partial charge in [0.2, 0.25) is 5.91 Å². The Labute approximate surface area is 175 Å². The lowest BCUT2D eigenvalue weighted by Gasteiger charge is -2.20. The molecule has 1 aromatic carbocycles. The van der Waals surface area contributed by atoms with Gasteiger partial charge in [-0.2, -0.15) is 5.10 Å². The number of halogens is 1. The maximum Gasteiger partial charge on any atom is 0.222 e. The summed E-state index contributed by atoms with van der Waals surface area (Å²) in [5, 5.41) is 12.4. The first-order chi connectivity index (χ1) is 13.6. The van der Waals surface area contributed by atoms with Crippen LogP contribution < -0.4 is 14.8 Å². The minimum Gasteiger partial charge on any atom is -0.486 e. The molecule has 146 valence electrons. The fourth-order valence-electron chi connectivity index (χ4n) is 2.89. The topological polar surface area (TPSA) is 81.2 Å². The maximum absolute atomic E-state index is 12.3. The highest BCUT2D eigenvalue weighted by molar-refractivity contribution is 7.71. The molecule has 1 amide bonds. The number of H-pyrrole nitrogens is 1. The van der Waals surface area contributed by atoms with Crippen molar-refractivity contribution < 1.29 is 14.3 Å². The average Bonchev–Trinajstić information content (AvgIpc) is 3.34. The average molecular weight is 437 g/mol. The molecule has 4 rings (SSSR count). The molecule has 0 saturated carbocycles. The molecule has 1 aliphatic heterocycles. The molecule has 2 N–H and O–H groups in total. The Hall–Kier alpha value is -2.36. The third-order valence-electron chi connectivity index (χ3n) is 4.21. The fourth-order valence-corrected chi connectivity index (χ4v) is 4.12. The van der Waals surface area contributed by atoms with Crippen LogP contribution in [0.5, 0.6) is 11.5 Å². The largest absolute Gasteiger partial charge is 0.486 e. The Morgan fingerprint density at radius 1 is 1.39 bits per heavy atom. The van der Waals surface area contributed by atoms with Crippen LogP contribution in [0.4, 0.5) is 0 Å². The minimum absolute atomic E-state index is 0.0914. The van der Waals surface area contributed by atoms with E-state index in [2.05, 4.69) is 15.5 Å². The third kappa shape index (κ3) is 4.06. The van der Waals surface area contributed by atoms with Gasteiger partial charge >= 0.3 is 0 Å². The van der Waals surface area contributed by atoms with Gasteiger partial charge in [-0.15, -0.1) is 11.3 Å². The second-order valence-electron chi connectivity index (χ2n) is 6.11. The summed E-state index contributed by atoms with van der Waals surface area (Å²) < 4.78 is 13.4. The van der Waals surface area contributed by atoms with Crippen LogP contribution >= 0.6 is 35.2 Å². The predicted molar refractivity (Wildman–Crippen MR) is 110 cm³/mol. The number of carbonyl (C=O) groups is 1. The Kier molecular flexibility index (Phi) is 5.65. The molecule has 7 nitrogen and oxygen atoms in total. The molecule has 1 aliphatic rings. The van der Waals surface area contributed by atoms with Gasteiger partial charge in [-0.3, -0.25) is 14.5 Å². The molecule has 10 heteroatoms. The van der Waals surface area contributed by atoms with Gasteiger partial charge in [-0.25, -0.2) is 0 Å². The Morgan fingerprint density at radius 3 is 3.07 bits per heavy atom. The molecular formula is C18H17ClN4O3S2. The number of fused-ring (bicyclic) bond motifs is 1. The van der Waals surface area contributed by atoms with Gasteiger partial charge in [0, 0.05) is 19.5 Å². The van der Waals surface area contributed by atoms with Gasteiger partial charge in [0.25, 0.3) is 0 Å². The van der Waals surface area contributed by atoms with Gasteiger partial charge in [-0.1, -0.05) is 17.7 Å². The number of rotatable bonds is 6. The molecule has 0 atom stereocenters. The summed E-state index contributed by atoms with van der Waals surface area (Å²) >= 11 is 13.1. The van der Waals surface area contributed by atoms with Crippen LogP contribution in [-0.4, -0.2) is 33.9 Å². The number of aromatic nitrogens is 3. The van der Waals surface area contributed by atoms with Crippen LogP contribution in [-0.2, 0) is 17.9 Å². The summed E-state index contributed by atoms with van der Waals surface area (Å²) in [5.41, 5.74) is 0.849. The monoisotopic (exact) mass is 436 g/mol. The van der Waals surface area contributed by atoms with Crippen LogP contribution in [0.1, 0.15) is 12.0 Å². The van der Waals surface area contributed by atoms with Crippen LogP contribution in [0.2, 0.25) is 5.02 Å². The van der Waals surface area contributed by atoms with E-state index in [0.29, 0.717) is 47.6 Å². The second-order valence-corrected chi connectivity index (χ2v) is 7.85. The number of ether oxygens (including phenoxy) is 2. The molecule has 2 aromatic heterocycles. The molecule has 0 unspecified atom stereocenters. The molecule has 0 fully saturated rings. The van der Waals surface area contributed by atoms with Crippen LogP contribution in [0, 0.1) is 4.77 Å². The number of carbonyl (C=O) groups excluding carboxylic acids is 1. The number of amides is 1. The van der Waals surface area contributed by atoms with E-state index in [-0.39, 0.29) is 12.3 Å². The molecule has 3 aromatic rings. The number of thiophene rings is 1. The van der Waals surface area contributed by atoms with E-state index in [4.69, 9.17) is 33.3 Å². The van der Waals surface area contributed by atoms with E-state index in [1.807, 2.05) is 28.1 Å². The number of nitrogens with one attached hydrogen (secondary N) is 2. The van der Waals surface area contributed by atoms with E-state index in [1.54, 1.807) is 17.4 Å². The number of aromatic amines is 1. The van der Waals surface area contributed by atoms with Gasteiger partial charge in [-0.05, 0) is 41.4 Å². The van der Waals surface area contributed by atoms with E-state index in [0.717, 1.165) is 16.3 Å². The predicted octanol–water partition coefficient (Wildman–Crippen LogP) is 3.80. The summed E-state index contributed by atoms with van der Waals surface area (Å²) in [6.07, 6.45) is 0.282. The molecule has 0 bridgehead atoms. The minimum atomic E-state index is -0.0914. The van der Waals surface area contributed by atoms with Crippen molar-refractivity contribution in [3.05, 3.63) is 45.0 Å². The lowest BCUT2D eigenvalue weighted by Crippen LogP contribution is -2.24. The number of benzene rings is 1. The highest BCUT2D eigenvalue weighted by atomic mass is 35.5. The van der Waals surface area contributed by atoms with Crippen molar-refractivity contribution in [2.45, 2.75) is 19.5 Å². The van der Waals surface area contributed by atoms with Gasteiger partial charge in [0.15, 0.2) is 22.1 Å². The molecule has 0 saturated heterocycles. The van der Waals surface area contributed by atoms with Crippen LogP contribution in [0.25, 0.3) is 10.7 Å². The lowest BCUT2D eigenvalue weighted by molar-refractivity contribution is -0.121. The summed E-state index contributed by atoms with van der Waals surface area (Å²) in [4.78, 5) is 13.3. The first-order valence-corrected chi connectivity index (χ1v) is 10.3. The normalized spacial score (nSPS) is 12.8. The molecule has 28 heavy (non-hydrogen) atoms. The zero-order valence-electron chi connectivity index (χ0n) is 14.7. The van der Waals surface area contributed by atoms with Crippen molar-refractivity contribution in [2.24, 2.45) is 0 Å². The second kappa shape index (κ2) is 8.34. The van der Waals surface area contributed by atoms with E-state index in [1.165, 1.54) is 0 Å². The van der Waals surface area contributed by atoms with E-state index < -0.39 is 0 Å². The maximum atomic E-state index is 12.3. The summed E-state index contributed by atoms with van der Waals surface area (Å²) in [6, 6.07) is 7.53. The Bertz CT molecular complexity index is 1050. The quantitative estimate of drug-likeness (QED) is 0.574. The molecular weight excluding hydrogens is 420 g/mol. The zero-order chi connectivity index (χ0) is 19.5. The van der Waals surface area contributed by atoms with Crippen molar-refractivity contribution in [1.82, 2.24) is 20.1 Å². The smallest absolute Gasteiger partial charge is 0.222 e. The van der Waals surface area contributed by atoms with Crippen LogP contribution in [0.15, 0.2) is 29.6 Å². The standard InChI is InChI=1S/C18H17ClN4O3S2/c19-12-8-11(9-13-16(12)26-6-5-25-13)10-20-15(24)3-4-23-17(21-22-18(23)27)14-2-1-7-28-14/h1-2,7-9H,3-6,10H2,(H,20,24)(H,22,27). The van der Waals surface area contributed by atoms with Crippen LogP contribution in [0.3, 0.4) is 0 Å². The number of hydrogen-bond acceptors (Lipinski definition) is 6. The summed E-state index contributed by atoms with van der Waals surface area (Å²) in [5.74, 6) is 1.81. The molecule has 0 spiro atoms. The SMILES string of the molecule is O=C(CCn1c(-c2cccs2)n[nH]c1=S)NCc1cc(Cl)c2c(c1)OCCO2. The highest BCUT2D eigenvalue weighted by Crippen LogP contribution is 2.38. The van der Waals surface area contributed by atoms with Crippen molar-refractivity contribution >= 4 is 41.1 Å².